The molecule has 0 unspecified atom stereocenters. The zero-order valence-electron chi connectivity index (χ0n) is 6.85. The minimum atomic E-state index is -0.857. The summed E-state index contributed by atoms with van der Waals surface area (Å²) in [7, 11) is 2.38. The van der Waals surface area contributed by atoms with Crippen LogP contribution in [0.15, 0.2) is 0 Å². The van der Waals surface area contributed by atoms with Crippen LogP contribution in [0, 0.1) is 0 Å². The Morgan fingerprint density at radius 2 is 1.92 bits per heavy atom. The lowest BCUT2D eigenvalue weighted by atomic mass is 10.5. The van der Waals surface area contributed by atoms with Crippen LogP contribution in [0.4, 0.5) is 0 Å². The lowest BCUT2D eigenvalue weighted by Crippen LogP contribution is -2.12. The molecule has 0 aromatic carbocycles. The van der Waals surface area contributed by atoms with Crippen molar-refractivity contribution in [3.8, 4) is 0 Å². The van der Waals surface area contributed by atoms with Crippen LogP contribution in [-0.4, -0.2) is 30.1 Å². The normalized spacial score (nSPS) is 9.00. The Bertz CT molecular complexity index is 193. The number of ether oxygens (including phenoxy) is 2. The molecule has 0 saturated carbocycles. The number of Topliss-reactive ketones (excluding diaryl/α,β-unsaturated/α-hetero) is 1. The van der Waals surface area contributed by atoms with Gasteiger partial charge in [0, 0.05) is 6.92 Å². The molecule has 5 nitrogen and oxygen atoms in total. The highest BCUT2D eigenvalue weighted by molar-refractivity contribution is 8.76. The highest BCUT2D eigenvalue weighted by Crippen LogP contribution is 2.20. The largest absolute Gasteiger partial charge is 0.456 e. The van der Waals surface area contributed by atoms with E-state index < -0.39 is 11.8 Å². The Kier molecular flexibility index (Phi) is 7.51. The number of carbonyl (C=O) groups is 3. The summed E-state index contributed by atoms with van der Waals surface area (Å²) in [4.78, 5) is 30.6. The van der Waals surface area contributed by atoms with Crippen LogP contribution in [-0.2, 0) is 23.9 Å². The number of carbonyl (C=O) groups excluding carboxylic acids is 3. The molecule has 0 amide bonds. The van der Waals surface area contributed by atoms with Gasteiger partial charge in [0.1, 0.15) is 11.9 Å². The highest BCUT2D eigenvalue weighted by Gasteiger charge is 2.07. The molecule has 0 aromatic heterocycles. The van der Waals surface area contributed by atoms with E-state index in [0.717, 1.165) is 6.92 Å². The molecule has 0 aromatic rings. The van der Waals surface area contributed by atoms with Crippen LogP contribution >= 0.6 is 21.6 Å². The standard InChI is InChI=1S/C6H8O5S2/c1-5(8)6(9)11-4-13-12-3-10-2-7/h2H,3-4H2,1H3. The van der Waals surface area contributed by atoms with E-state index in [1.54, 1.807) is 0 Å². The van der Waals surface area contributed by atoms with Crippen LogP contribution in [0.5, 0.6) is 0 Å². The first-order valence-electron chi connectivity index (χ1n) is 3.16. The molecule has 0 bridgehead atoms. The van der Waals surface area contributed by atoms with E-state index in [0.29, 0.717) is 6.47 Å². The summed E-state index contributed by atoms with van der Waals surface area (Å²) in [6, 6.07) is 0. The summed E-state index contributed by atoms with van der Waals surface area (Å²) < 4.78 is 8.84. The first-order chi connectivity index (χ1) is 6.18. The van der Waals surface area contributed by atoms with Crippen molar-refractivity contribution in [2.45, 2.75) is 6.92 Å². The van der Waals surface area contributed by atoms with Crippen molar-refractivity contribution in [3.05, 3.63) is 0 Å². The first-order valence-corrected chi connectivity index (χ1v) is 5.64. The average Bonchev–Trinajstić information content (AvgIpc) is 2.10. The first kappa shape index (κ1) is 12.3. The van der Waals surface area contributed by atoms with Crippen molar-refractivity contribution >= 4 is 39.8 Å². The predicted molar refractivity (Wildman–Crippen MR) is 48.8 cm³/mol. The molecule has 0 radical (unpaired) electrons. The van der Waals surface area contributed by atoms with Gasteiger partial charge in [-0.2, -0.15) is 0 Å². The van der Waals surface area contributed by atoms with E-state index in [1.807, 2.05) is 0 Å². The zero-order chi connectivity index (χ0) is 10.1. The maximum atomic E-state index is 10.5. The molecule has 74 valence electrons. The molecule has 0 aliphatic heterocycles. The number of esters is 1. The van der Waals surface area contributed by atoms with Gasteiger partial charge in [-0.1, -0.05) is 0 Å². The van der Waals surface area contributed by atoms with Crippen molar-refractivity contribution in [2.24, 2.45) is 0 Å². The molecule has 0 fully saturated rings. The van der Waals surface area contributed by atoms with E-state index in [4.69, 9.17) is 0 Å². The van der Waals surface area contributed by atoms with Gasteiger partial charge >= 0.3 is 5.97 Å². The minimum Gasteiger partial charge on any atom is -0.456 e. The summed E-state index contributed by atoms with van der Waals surface area (Å²) in [5.41, 5.74) is 0. The zero-order valence-corrected chi connectivity index (χ0v) is 8.48. The van der Waals surface area contributed by atoms with Crippen LogP contribution in [0.2, 0.25) is 0 Å². The fourth-order valence-electron chi connectivity index (χ4n) is 0.303. The van der Waals surface area contributed by atoms with E-state index in [2.05, 4.69) is 9.47 Å². The van der Waals surface area contributed by atoms with E-state index in [9.17, 15) is 14.4 Å². The number of rotatable bonds is 7. The average molecular weight is 224 g/mol. The van der Waals surface area contributed by atoms with Crippen LogP contribution < -0.4 is 0 Å². The molecule has 0 N–H and O–H groups in total. The summed E-state index contributed by atoms with van der Waals surface area (Å²) in [5.74, 6) is -1.24. The Labute approximate surface area is 82.9 Å². The van der Waals surface area contributed by atoms with Crippen molar-refractivity contribution < 1.29 is 23.9 Å². The topological polar surface area (TPSA) is 69.7 Å². The van der Waals surface area contributed by atoms with Crippen molar-refractivity contribution in [1.29, 1.82) is 0 Å². The third-order valence-corrected chi connectivity index (χ3v) is 2.48. The molecular weight excluding hydrogens is 216 g/mol. The molecule has 0 aliphatic carbocycles. The second-order valence-corrected chi connectivity index (χ2v) is 4.08. The molecule has 7 heteroatoms. The van der Waals surface area contributed by atoms with Crippen molar-refractivity contribution in [2.75, 3.05) is 11.9 Å². The third kappa shape index (κ3) is 7.66. The molecule has 0 rings (SSSR count). The molecule has 0 atom stereocenters. The molecule has 13 heavy (non-hydrogen) atoms. The molecule has 0 aliphatic rings. The molecule has 0 spiro atoms. The number of hydrogen-bond acceptors (Lipinski definition) is 7. The smallest absolute Gasteiger partial charge is 0.375 e. The number of hydrogen-bond donors (Lipinski definition) is 0. The Morgan fingerprint density at radius 3 is 2.46 bits per heavy atom. The van der Waals surface area contributed by atoms with Gasteiger partial charge in [0.05, 0.1) is 0 Å². The second kappa shape index (κ2) is 7.93. The van der Waals surface area contributed by atoms with E-state index in [1.165, 1.54) is 21.6 Å². The lowest BCUT2D eigenvalue weighted by molar-refractivity contribution is -0.151. The Hall–Kier alpha value is -0.690. The second-order valence-electron chi connectivity index (χ2n) is 1.72. The van der Waals surface area contributed by atoms with Crippen molar-refractivity contribution in [3.63, 3.8) is 0 Å². The van der Waals surface area contributed by atoms with Gasteiger partial charge < -0.3 is 9.47 Å². The third-order valence-electron chi connectivity index (χ3n) is 0.793. The number of ketones is 1. The van der Waals surface area contributed by atoms with Crippen LogP contribution in [0.3, 0.4) is 0 Å². The minimum absolute atomic E-state index is 0.0608. The van der Waals surface area contributed by atoms with Gasteiger partial charge in [-0.05, 0) is 21.6 Å². The molecule has 0 saturated heterocycles. The Balaban J connectivity index is 3.21. The van der Waals surface area contributed by atoms with Gasteiger partial charge in [0.25, 0.3) is 6.47 Å². The fourth-order valence-corrected chi connectivity index (χ4v) is 1.42. The van der Waals surface area contributed by atoms with Crippen LogP contribution in [0.1, 0.15) is 6.92 Å². The summed E-state index contributed by atoms with van der Waals surface area (Å²) in [5, 5.41) is 0. The van der Waals surface area contributed by atoms with Crippen LogP contribution in [0.25, 0.3) is 0 Å². The maximum Gasteiger partial charge on any atom is 0.375 e. The van der Waals surface area contributed by atoms with Gasteiger partial charge in [-0.15, -0.1) is 0 Å². The van der Waals surface area contributed by atoms with E-state index in [-0.39, 0.29) is 11.9 Å². The SMILES string of the molecule is CC(=O)C(=O)OCSSCOC=O. The van der Waals surface area contributed by atoms with Gasteiger partial charge in [-0.25, -0.2) is 4.79 Å². The van der Waals surface area contributed by atoms with Gasteiger partial charge in [-0.3, -0.25) is 9.59 Å². The summed E-state index contributed by atoms with van der Waals surface area (Å²) in [6.07, 6.45) is 0. The molecular formula is C6H8O5S2. The summed E-state index contributed by atoms with van der Waals surface area (Å²) in [6.45, 7) is 1.46. The van der Waals surface area contributed by atoms with Crippen molar-refractivity contribution in [1.82, 2.24) is 0 Å². The fraction of sp³-hybridized carbons (Fsp3) is 0.500. The maximum absolute atomic E-state index is 10.5. The quantitative estimate of drug-likeness (QED) is 0.156. The lowest BCUT2D eigenvalue weighted by Gasteiger charge is -2.00. The molecule has 0 heterocycles. The summed E-state index contributed by atoms with van der Waals surface area (Å²) >= 11 is 0. The van der Waals surface area contributed by atoms with E-state index >= 15 is 0 Å². The van der Waals surface area contributed by atoms with Gasteiger partial charge in [0.2, 0.25) is 5.78 Å². The Morgan fingerprint density at radius 1 is 1.31 bits per heavy atom. The highest BCUT2D eigenvalue weighted by atomic mass is 33.1. The van der Waals surface area contributed by atoms with Gasteiger partial charge in [0.15, 0.2) is 0 Å². The predicted octanol–water partition coefficient (Wildman–Crippen LogP) is 0.588. The monoisotopic (exact) mass is 224 g/mol.